The number of carbonyl (C=O) groups excluding carboxylic acids is 1. The van der Waals surface area contributed by atoms with Gasteiger partial charge in [-0.3, -0.25) is 9.69 Å². The van der Waals surface area contributed by atoms with Crippen LogP contribution in [0.4, 0.5) is 4.79 Å². The van der Waals surface area contributed by atoms with E-state index < -0.39 is 5.97 Å². The molecule has 4 aliphatic rings. The Morgan fingerprint density at radius 3 is 2.55 bits per heavy atom. The molecule has 1 amide bonds. The number of aliphatic carboxylic acids is 1. The molecule has 6 heteroatoms. The average Bonchev–Trinajstić information content (AvgIpc) is 2.83. The number of hydrogen-bond acceptors (Lipinski definition) is 4. The molecule has 0 aromatic rings. The third-order valence-electron chi connectivity index (χ3n) is 6.33. The first-order valence-corrected chi connectivity index (χ1v) is 8.41. The van der Waals surface area contributed by atoms with Crippen molar-refractivity contribution >= 4 is 12.1 Å². The van der Waals surface area contributed by atoms with Crippen LogP contribution in [0.1, 0.15) is 26.2 Å². The Morgan fingerprint density at radius 2 is 1.95 bits per heavy atom. The molecule has 0 unspecified atom stereocenters. The number of piperidine rings is 1. The minimum Gasteiger partial charge on any atom is -0.481 e. The highest BCUT2D eigenvalue weighted by molar-refractivity contribution is 5.74. The van der Waals surface area contributed by atoms with Crippen LogP contribution in [0.5, 0.6) is 0 Å². The van der Waals surface area contributed by atoms with E-state index in [1.165, 1.54) is 0 Å². The fourth-order valence-electron chi connectivity index (χ4n) is 5.06. The van der Waals surface area contributed by atoms with Gasteiger partial charge in [0.25, 0.3) is 0 Å². The number of likely N-dealkylation sites (tertiary alicyclic amines) is 2. The number of carbonyl (C=O) groups is 2. The van der Waals surface area contributed by atoms with Crippen molar-refractivity contribution in [2.24, 2.45) is 23.2 Å². The van der Waals surface area contributed by atoms with Crippen LogP contribution >= 0.6 is 0 Å². The Kier molecular flexibility index (Phi) is 3.15. The summed E-state index contributed by atoms with van der Waals surface area (Å²) in [5, 5.41) is 9.08. The first-order valence-electron chi connectivity index (χ1n) is 8.41. The second kappa shape index (κ2) is 4.85. The molecule has 2 saturated heterocycles. The van der Waals surface area contributed by atoms with E-state index in [1.54, 1.807) is 0 Å². The normalized spacial score (nSPS) is 43.0. The highest BCUT2D eigenvalue weighted by Crippen LogP contribution is 2.56. The minimum atomic E-state index is -0.611. The lowest BCUT2D eigenvalue weighted by molar-refractivity contribution is -0.139. The number of rotatable bonds is 3. The van der Waals surface area contributed by atoms with Crippen LogP contribution in [-0.4, -0.2) is 65.8 Å². The molecule has 1 spiro atoms. The van der Waals surface area contributed by atoms with Crippen LogP contribution in [0.2, 0.25) is 0 Å². The van der Waals surface area contributed by atoms with Crippen LogP contribution in [0.3, 0.4) is 0 Å². The lowest BCUT2D eigenvalue weighted by Gasteiger charge is -2.49. The number of nitrogens with zero attached hydrogens (tertiary/aromatic N) is 2. The molecule has 6 nitrogen and oxygen atoms in total. The zero-order valence-corrected chi connectivity index (χ0v) is 13.0. The van der Waals surface area contributed by atoms with E-state index in [4.69, 9.17) is 9.84 Å². The highest BCUT2D eigenvalue weighted by Gasteiger charge is 2.62. The lowest BCUT2D eigenvalue weighted by Crippen LogP contribution is -2.52. The quantitative estimate of drug-likeness (QED) is 0.850. The Labute approximate surface area is 130 Å². The topological polar surface area (TPSA) is 70.1 Å². The van der Waals surface area contributed by atoms with Gasteiger partial charge < -0.3 is 14.7 Å². The minimum absolute atomic E-state index is 0.0731. The third-order valence-corrected chi connectivity index (χ3v) is 6.33. The second-order valence-electron chi connectivity index (χ2n) is 7.58. The summed E-state index contributed by atoms with van der Waals surface area (Å²) in [6.07, 6.45) is 3.22. The van der Waals surface area contributed by atoms with E-state index in [9.17, 15) is 9.59 Å². The molecule has 4 fully saturated rings. The molecule has 0 radical (unpaired) electrons. The standard InChI is InChI=1S/C16H24N2O4/c1-2-22-15(21)17-4-3-16(9-17)5-10(6-16)18-7-11-12(8-18)13(11)14(19)20/h10-13H,2-9H2,1H3,(H,19,20)/t10?,11-,12-,16?/m0/s1. The predicted molar refractivity (Wildman–Crippen MR) is 78.3 cm³/mol. The average molecular weight is 308 g/mol. The molecule has 2 aliphatic heterocycles. The van der Waals surface area contributed by atoms with E-state index in [-0.39, 0.29) is 12.0 Å². The number of fused-ring (bicyclic) bond motifs is 1. The SMILES string of the molecule is CCOC(=O)N1CCC2(CC(N3C[C@@H]4C(C(=O)O)[C@H]4C3)C2)C1. The molecule has 0 aromatic carbocycles. The summed E-state index contributed by atoms with van der Waals surface area (Å²) < 4.78 is 5.09. The molecular weight excluding hydrogens is 284 g/mol. The van der Waals surface area contributed by atoms with Crippen LogP contribution in [0.15, 0.2) is 0 Å². The van der Waals surface area contributed by atoms with Gasteiger partial charge >= 0.3 is 12.1 Å². The second-order valence-corrected chi connectivity index (χ2v) is 7.58. The number of ether oxygens (including phenoxy) is 1. The molecule has 22 heavy (non-hydrogen) atoms. The Morgan fingerprint density at radius 1 is 1.27 bits per heavy atom. The molecule has 1 N–H and O–H groups in total. The molecule has 122 valence electrons. The van der Waals surface area contributed by atoms with Gasteiger partial charge in [0.2, 0.25) is 0 Å². The van der Waals surface area contributed by atoms with Crippen molar-refractivity contribution in [3.05, 3.63) is 0 Å². The summed E-state index contributed by atoms with van der Waals surface area (Å²) in [7, 11) is 0. The molecular formula is C16H24N2O4. The zero-order chi connectivity index (χ0) is 15.5. The van der Waals surface area contributed by atoms with Crippen molar-refractivity contribution in [3.8, 4) is 0 Å². The van der Waals surface area contributed by atoms with Gasteiger partial charge in [-0.1, -0.05) is 0 Å². The third kappa shape index (κ3) is 2.11. The van der Waals surface area contributed by atoms with Crippen molar-refractivity contribution in [3.63, 3.8) is 0 Å². The van der Waals surface area contributed by atoms with E-state index in [0.717, 1.165) is 45.4 Å². The number of carboxylic acid groups (broad SMARTS) is 1. The predicted octanol–water partition coefficient (Wildman–Crippen LogP) is 1.26. The van der Waals surface area contributed by atoms with Gasteiger partial charge in [0.15, 0.2) is 0 Å². The Bertz CT molecular complexity index is 490. The molecule has 2 atom stereocenters. The van der Waals surface area contributed by atoms with Gasteiger partial charge in [0.1, 0.15) is 0 Å². The Balaban J connectivity index is 1.26. The largest absolute Gasteiger partial charge is 0.481 e. The van der Waals surface area contributed by atoms with Crippen molar-refractivity contribution in [1.82, 2.24) is 9.80 Å². The van der Waals surface area contributed by atoms with Crippen molar-refractivity contribution in [2.45, 2.75) is 32.2 Å². The first kappa shape index (κ1) is 14.3. The van der Waals surface area contributed by atoms with Crippen LogP contribution < -0.4 is 0 Å². The molecule has 2 heterocycles. The van der Waals surface area contributed by atoms with Gasteiger partial charge in [0.05, 0.1) is 12.5 Å². The van der Waals surface area contributed by atoms with Crippen LogP contribution in [-0.2, 0) is 9.53 Å². The summed E-state index contributed by atoms with van der Waals surface area (Å²) in [4.78, 5) is 27.2. The van der Waals surface area contributed by atoms with Gasteiger partial charge in [0, 0.05) is 32.2 Å². The van der Waals surface area contributed by atoms with Crippen LogP contribution in [0.25, 0.3) is 0 Å². The maximum Gasteiger partial charge on any atom is 0.409 e. The number of carboxylic acids is 1. The Hall–Kier alpha value is -1.30. The molecule has 0 bridgehead atoms. The maximum absolute atomic E-state index is 11.8. The van der Waals surface area contributed by atoms with Crippen molar-refractivity contribution in [1.29, 1.82) is 0 Å². The molecule has 0 aromatic heterocycles. The van der Waals surface area contributed by atoms with E-state index >= 15 is 0 Å². The fourth-order valence-corrected chi connectivity index (χ4v) is 5.06. The lowest BCUT2D eigenvalue weighted by atomic mass is 9.64. The highest BCUT2D eigenvalue weighted by atomic mass is 16.6. The summed E-state index contributed by atoms with van der Waals surface area (Å²) in [5.74, 6) is 0.110. The van der Waals surface area contributed by atoms with E-state index in [2.05, 4.69) is 4.90 Å². The molecule has 4 rings (SSSR count). The van der Waals surface area contributed by atoms with Gasteiger partial charge in [-0.25, -0.2) is 4.79 Å². The first-order chi connectivity index (χ1) is 10.5. The number of amides is 1. The zero-order valence-electron chi connectivity index (χ0n) is 13.0. The monoisotopic (exact) mass is 308 g/mol. The van der Waals surface area contributed by atoms with E-state index in [0.29, 0.717) is 29.9 Å². The van der Waals surface area contributed by atoms with Crippen LogP contribution in [0, 0.1) is 23.2 Å². The van der Waals surface area contributed by atoms with Crippen molar-refractivity contribution < 1.29 is 19.4 Å². The van der Waals surface area contributed by atoms with Crippen molar-refractivity contribution in [2.75, 3.05) is 32.8 Å². The maximum atomic E-state index is 11.8. The summed E-state index contributed by atoms with van der Waals surface area (Å²) in [5.41, 5.74) is 0.302. The van der Waals surface area contributed by atoms with Gasteiger partial charge in [-0.2, -0.15) is 0 Å². The molecule has 2 saturated carbocycles. The number of hydrogen-bond donors (Lipinski definition) is 1. The summed E-state index contributed by atoms with van der Waals surface area (Å²) in [6, 6.07) is 0.601. The molecule has 2 aliphatic carbocycles. The van der Waals surface area contributed by atoms with E-state index in [1.807, 2.05) is 11.8 Å². The van der Waals surface area contributed by atoms with Gasteiger partial charge in [-0.05, 0) is 43.4 Å². The van der Waals surface area contributed by atoms with Gasteiger partial charge in [-0.15, -0.1) is 0 Å². The fraction of sp³-hybridized carbons (Fsp3) is 0.875. The smallest absolute Gasteiger partial charge is 0.409 e. The summed E-state index contributed by atoms with van der Waals surface area (Å²) >= 11 is 0. The summed E-state index contributed by atoms with van der Waals surface area (Å²) in [6.45, 7) is 5.85.